The smallest absolute Gasteiger partial charge is 0.318 e. The van der Waals surface area contributed by atoms with Gasteiger partial charge in [0.15, 0.2) is 0 Å². The number of carbonyl (C=O) groups is 1. The quantitative estimate of drug-likeness (QED) is 0.472. The molecule has 1 aliphatic rings. The first-order valence-corrected chi connectivity index (χ1v) is 10.6. The molecule has 1 aromatic heterocycles. The van der Waals surface area contributed by atoms with Crippen LogP contribution in [0, 0.1) is 6.92 Å². The van der Waals surface area contributed by atoms with Gasteiger partial charge in [-0.1, -0.05) is 78.4 Å². The van der Waals surface area contributed by atoms with E-state index in [-0.39, 0.29) is 12.1 Å². The number of urea groups is 1. The summed E-state index contributed by atoms with van der Waals surface area (Å²) in [5.74, 6) is 0. The van der Waals surface area contributed by atoms with Crippen molar-refractivity contribution in [2.24, 2.45) is 0 Å². The maximum atomic E-state index is 13.5. The SMILES string of the molecule is Cc1ccc(CNC(=O)N2Cc3ccccc3-n3cccc3[C@H]2c2ccccc2)cc1. The van der Waals surface area contributed by atoms with Gasteiger partial charge < -0.3 is 14.8 Å². The van der Waals surface area contributed by atoms with Crippen LogP contribution in [0.4, 0.5) is 4.79 Å². The molecule has 0 saturated carbocycles. The minimum absolute atomic E-state index is 0.0705. The zero-order valence-electron chi connectivity index (χ0n) is 17.5. The van der Waals surface area contributed by atoms with Crippen LogP contribution in [0.1, 0.15) is 34.0 Å². The number of aryl methyl sites for hydroxylation is 1. The summed E-state index contributed by atoms with van der Waals surface area (Å²) in [6.07, 6.45) is 2.08. The number of aromatic nitrogens is 1. The number of fused-ring (bicyclic) bond motifs is 3. The van der Waals surface area contributed by atoms with Crippen molar-refractivity contribution in [1.29, 1.82) is 0 Å². The van der Waals surface area contributed by atoms with Crippen LogP contribution in [-0.4, -0.2) is 15.5 Å². The molecule has 0 spiro atoms. The summed E-state index contributed by atoms with van der Waals surface area (Å²) in [6.45, 7) is 3.10. The van der Waals surface area contributed by atoms with E-state index in [0.717, 1.165) is 28.1 Å². The molecule has 0 unspecified atom stereocenters. The van der Waals surface area contributed by atoms with Gasteiger partial charge in [0, 0.05) is 18.4 Å². The van der Waals surface area contributed by atoms with Gasteiger partial charge in [-0.25, -0.2) is 4.79 Å². The number of carbonyl (C=O) groups excluding carboxylic acids is 1. The highest BCUT2D eigenvalue weighted by atomic mass is 16.2. The number of nitrogens with zero attached hydrogens (tertiary/aromatic N) is 2. The van der Waals surface area contributed by atoms with E-state index in [1.54, 1.807) is 0 Å². The van der Waals surface area contributed by atoms with Gasteiger partial charge >= 0.3 is 6.03 Å². The fourth-order valence-corrected chi connectivity index (χ4v) is 4.31. The number of nitrogens with one attached hydrogen (secondary N) is 1. The van der Waals surface area contributed by atoms with Gasteiger partial charge in [0.05, 0.1) is 18.3 Å². The van der Waals surface area contributed by atoms with Gasteiger partial charge in [0.25, 0.3) is 0 Å². The van der Waals surface area contributed by atoms with Crippen molar-refractivity contribution in [2.75, 3.05) is 0 Å². The van der Waals surface area contributed by atoms with E-state index in [1.165, 1.54) is 5.56 Å². The number of hydrogen-bond acceptors (Lipinski definition) is 1. The van der Waals surface area contributed by atoms with Crippen LogP contribution in [0.5, 0.6) is 0 Å². The van der Waals surface area contributed by atoms with Crippen molar-refractivity contribution >= 4 is 6.03 Å². The molecule has 154 valence electrons. The number of amides is 2. The third kappa shape index (κ3) is 3.73. The second kappa shape index (κ2) is 8.15. The first-order valence-electron chi connectivity index (χ1n) is 10.6. The number of rotatable bonds is 3. The highest BCUT2D eigenvalue weighted by Crippen LogP contribution is 2.36. The molecular formula is C27H25N3O. The first kappa shape index (κ1) is 19.2. The first-order chi connectivity index (χ1) is 15.2. The predicted molar refractivity (Wildman–Crippen MR) is 123 cm³/mol. The maximum Gasteiger partial charge on any atom is 0.318 e. The Kier molecular flexibility index (Phi) is 5.04. The van der Waals surface area contributed by atoms with Crippen LogP contribution in [0.15, 0.2) is 97.2 Å². The normalized spacial score (nSPS) is 15.0. The van der Waals surface area contributed by atoms with Crippen LogP contribution < -0.4 is 5.32 Å². The summed E-state index contributed by atoms with van der Waals surface area (Å²) in [7, 11) is 0. The maximum absolute atomic E-state index is 13.5. The largest absolute Gasteiger partial charge is 0.334 e. The second-order valence-electron chi connectivity index (χ2n) is 8.02. The fraction of sp³-hybridized carbons (Fsp3) is 0.148. The summed E-state index contributed by atoms with van der Waals surface area (Å²) in [5, 5.41) is 3.15. The highest BCUT2D eigenvalue weighted by molar-refractivity contribution is 5.76. The van der Waals surface area contributed by atoms with Crippen LogP contribution in [0.25, 0.3) is 5.69 Å². The molecule has 4 aromatic rings. The van der Waals surface area contributed by atoms with Crippen molar-refractivity contribution < 1.29 is 4.79 Å². The van der Waals surface area contributed by atoms with Crippen LogP contribution in [0.3, 0.4) is 0 Å². The number of benzene rings is 3. The molecular weight excluding hydrogens is 382 g/mol. The van der Waals surface area contributed by atoms with Crippen molar-refractivity contribution in [2.45, 2.75) is 26.1 Å². The lowest BCUT2D eigenvalue weighted by Crippen LogP contribution is -2.41. The average molecular weight is 408 g/mol. The van der Waals surface area contributed by atoms with Gasteiger partial charge in [-0.05, 0) is 41.8 Å². The molecule has 3 aromatic carbocycles. The molecule has 4 nitrogen and oxygen atoms in total. The fourth-order valence-electron chi connectivity index (χ4n) is 4.31. The van der Waals surface area contributed by atoms with Crippen LogP contribution in [-0.2, 0) is 13.1 Å². The summed E-state index contributed by atoms with van der Waals surface area (Å²) in [6, 6.07) is 30.8. The van der Waals surface area contributed by atoms with Crippen molar-refractivity contribution in [1.82, 2.24) is 14.8 Å². The van der Waals surface area contributed by atoms with E-state index in [1.807, 2.05) is 35.2 Å². The van der Waals surface area contributed by atoms with Crippen molar-refractivity contribution in [3.63, 3.8) is 0 Å². The van der Waals surface area contributed by atoms with E-state index in [0.29, 0.717) is 13.1 Å². The highest BCUT2D eigenvalue weighted by Gasteiger charge is 2.32. The van der Waals surface area contributed by atoms with Gasteiger partial charge in [-0.15, -0.1) is 0 Å². The van der Waals surface area contributed by atoms with E-state index >= 15 is 0 Å². The molecule has 5 rings (SSSR count). The van der Waals surface area contributed by atoms with Gasteiger partial charge in [-0.3, -0.25) is 0 Å². The van der Waals surface area contributed by atoms with E-state index in [4.69, 9.17) is 0 Å². The van der Waals surface area contributed by atoms with E-state index in [9.17, 15) is 4.79 Å². The summed E-state index contributed by atoms with van der Waals surface area (Å²) >= 11 is 0. The third-order valence-electron chi connectivity index (χ3n) is 5.90. The Balaban J connectivity index is 1.53. The minimum atomic E-state index is -0.179. The Bertz CT molecular complexity index is 1190. The Morgan fingerprint density at radius 3 is 2.45 bits per heavy atom. The zero-order chi connectivity index (χ0) is 21.2. The molecule has 0 fully saturated rings. The van der Waals surface area contributed by atoms with Gasteiger partial charge in [-0.2, -0.15) is 0 Å². The number of hydrogen-bond donors (Lipinski definition) is 1. The minimum Gasteiger partial charge on any atom is -0.334 e. The van der Waals surface area contributed by atoms with Crippen molar-refractivity contribution in [3.05, 3.63) is 125 Å². The van der Waals surface area contributed by atoms with Crippen molar-refractivity contribution in [3.8, 4) is 5.69 Å². The Labute approximate surface area is 182 Å². The molecule has 2 amide bonds. The molecule has 31 heavy (non-hydrogen) atoms. The van der Waals surface area contributed by atoms with Gasteiger partial charge in [0.2, 0.25) is 0 Å². The lowest BCUT2D eigenvalue weighted by Gasteiger charge is -2.31. The Hall–Kier alpha value is -3.79. The average Bonchev–Trinajstić information content (AvgIpc) is 3.23. The molecule has 0 bridgehead atoms. The number of para-hydroxylation sites is 1. The molecule has 1 atom stereocenters. The monoisotopic (exact) mass is 407 g/mol. The summed E-state index contributed by atoms with van der Waals surface area (Å²) < 4.78 is 2.21. The topological polar surface area (TPSA) is 37.3 Å². The molecule has 2 heterocycles. The molecule has 0 aliphatic carbocycles. The third-order valence-corrected chi connectivity index (χ3v) is 5.90. The molecule has 1 aliphatic heterocycles. The lowest BCUT2D eigenvalue weighted by molar-refractivity contribution is 0.180. The summed E-state index contributed by atoms with van der Waals surface area (Å²) in [4.78, 5) is 15.5. The van der Waals surface area contributed by atoms with Crippen LogP contribution in [0.2, 0.25) is 0 Å². The van der Waals surface area contributed by atoms with E-state index in [2.05, 4.69) is 83.7 Å². The predicted octanol–water partition coefficient (Wildman–Crippen LogP) is 5.60. The molecule has 4 heteroatoms. The zero-order valence-corrected chi connectivity index (χ0v) is 17.5. The Morgan fingerprint density at radius 2 is 1.65 bits per heavy atom. The molecule has 0 saturated heterocycles. The Morgan fingerprint density at radius 1 is 0.903 bits per heavy atom. The van der Waals surface area contributed by atoms with Gasteiger partial charge in [0.1, 0.15) is 0 Å². The summed E-state index contributed by atoms with van der Waals surface area (Å²) in [5.41, 5.74) is 6.74. The second-order valence-corrected chi connectivity index (χ2v) is 8.02. The standard InChI is InChI=1S/C27H25N3O/c1-20-13-15-21(16-14-20)18-28-27(31)30-19-23-10-5-6-11-24(23)29-17-7-12-25(29)26(30)22-8-3-2-4-9-22/h2-17,26H,18-19H2,1H3,(H,28,31)/t26-/m1/s1. The van der Waals surface area contributed by atoms with E-state index < -0.39 is 0 Å². The molecule has 1 N–H and O–H groups in total. The molecule has 0 radical (unpaired) electrons. The lowest BCUT2D eigenvalue weighted by atomic mass is 10.0. The van der Waals surface area contributed by atoms with Crippen LogP contribution >= 0.6 is 0 Å².